The molecule has 0 radical (unpaired) electrons. The number of benzene rings is 10. The molecule has 0 atom stereocenters. The standard InChI is InChI=1S/C54H33NS2/c1-2-16-37-34(14-1)15-11-24-42(37)52-43-20-5-3-17-39(43)40-18-4-6-21-44(40)53(52)55(47-26-12-25-45-41-19-7-9-27-48(41)57-54(45)47)36-32-30-35(31-33-36)38-23-13-29-50-51(38)46-22-8-10-28-49(46)56-50/h1-33H. The minimum absolute atomic E-state index is 1.12. The zero-order valence-electron chi connectivity index (χ0n) is 30.8. The first kappa shape index (κ1) is 32.5. The minimum Gasteiger partial charge on any atom is -0.308 e. The third-order valence-electron chi connectivity index (χ3n) is 11.7. The minimum atomic E-state index is 1.12. The topological polar surface area (TPSA) is 3.24 Å². The number of rotatable bonds is 5. The van der Waals surface area contributed by atoms with Gasteiger partial charge in [-0.25, -0.2) is 0 Å². The number of hydrogen-bond acceptors (Lipinski definition) is 3. The molecule has 0 unspecified atom stereocenters. The quantitative estimate of drug-likeness (QED) is 0.158. The van der Waals surface area contributed by atoms with E-state index in [1.807, 2.05) is 22.7 Å². The first-order chi connectivity index (χ1) is 28.3. The Morgan fingerprint density at radius 2 is 0.877 bits per heavy atom. The maximum atomic E-state index is 2.56. The van der Waals surface area contributed by atoms with Crippen LogP contribution in [0.5, 0.6) is 0 Å². The molecule has 0 spiro atoms. The van der Waals surface area contributed by atoms with E-state index in [0.29, 0.717) is 0 Å². The van der Waals surface area contributed by atoms with Crippen molar-refractivity contribution in [2.45, 2.75) is 0 Å². The van der Waals surface area contributed by atoms with Gasteiger partial charge in [0, 0.05) is 52.3 Å². The molecule has 12 aromatic rings. The van der Waals surface area contributed by atoms with Crippen LogP contribution in [0.2, 0.25) is 0 Å². The fourth-order valence-corrected chi connectivity index (χ4v) is 11.5. The normalized spacial score (nSPS) is 11.9. The van der Waals surface area contributed by atoms with Crippen molar-refractivity contribution >= 4 is 112 Å². The lowest BCUT2D eigenvalue weighted by Crippen LogP contribution is -2.12. The van der Waals surface area contributed by atoms with E-state index in [1.54, 1.807) is 0 Å². The molecule has 266 valence electrons. The number of nitrogens with zero attached hydrogens (tertiary/aromatic N) is 1. The van der Waals surface area contributed by atoms with E-state index in [4.69, 9.17) is 0 Å². The summed E-state index contributed by atoms with van der Waals surface area (Å²) in [7, 11) is 0. The average Bonchev–Trinajstić information content (AvgIpc) is 3.86. The Balaban J connectivity index is 1.20. The summed E-state index contributed by atoms with van der Waals surface area (Å²) in [6.07, 6.45) is 0. The van der Waals surface area contributed by atoms with Crippen molar-refractivity contribution in [3.63, 3.8) is 0 Å². The third-order valence-corrected chi connectivity index (χ3v) is 14.0. The molecule has 2 aromatic heterocycles. The smallest absolute Gasteiger partial charge is 0.0640 e. The third kappa shape index (κ3) is 5.00. The first-order valence-electron chi connectivity index (χ1n) is 19.4. The molecule has 10 aromatic carbocycles. The van der Waals surface area contributed by atoms with Gasteiger partial charge in [0.1, 0.15) is 0 Å². The molecule has 0 aliphatic rings. The molecule has 0 fully saturated rings. The van der Waals surface area contributed by atoms with Crippen LogP contribution in [0.1, 0.15) is 0 Å². The van der Waals surface area contributed by atoms with Gasteiger partial charge in [0.15, 0.2) is 0 Å². The van der Waals surface area contributed by atoms with Gasteiger partial charge >= 0.3 is 0 Å². The maximum absolute atomic E-state index is 2.56. The molecule has 1 nitrogen and oxygen atoms in total. The SMILES string of the molecule is c1ccc2c(-c3c(N(c4ccc(-c5cccc6sc7ccccc7c56)cc4)c4cccc5c4sc4ccccc45)c4ccccc4c4ccccc34)cccc2c1. The Kier molecular flexibility index (Phi) is 7.34. The Labute approximate surface area is 337 Å². The summed E-state index contributed by atoms with van der Waals surface area (Å²) >= 11 is 3.75. The van der Waals surface area contributed by atoms with Gasteiger partial charge in [0.2, 0.25) is 0 Å². The van der Waals surface area contributed by atoms with E-state index < -0.39 is 0 Å². The van der Waals surface area contributed by atoms with Crippen LogP contribution in [-0.4, -0.2) is 0 Å². The molecule has 0 N–H and O–H groups in total. The van der Waals surface area contributed by atoms with E-state index >= 15 is 0 Å². The Morgan fingerprint density at radius 1 is 0.333 bits per heavy atom. The van der Waals surface area contributed by atoms with E-state index in [2.05, 4.69) is 205 Å². The van der Waals surface area contributed by atoms with Crippen molar-refractivity contribution in [1.29, 1.82) is 0 Å². The fourth-order valence-electron chi connectivity index (χ4n) is 9.17. The largest absolute Gasteiger partial charge is 0.308 e. The van der Waals surface area contributed by atoms with Crippen LogP contribution in [0.25, 0.3) is 94.9 Å². The summed E-state index contributed by atoms with van der Waals surface area (Å²) < 4.78 is 5.21. The van der Waals surface area contributed by atoms with Crippen LogP contribution < -0.4 is 4.90 Å². The van der Waals surface area contributed by atoms with Crippen molar-refractivity contribution in [3.05, 3.63) is 200 Å². The van der Waals surface area contributed by atoms with Crippen LogP contribution in [0, 0.1) is 0 Å². The van der Waals surface area contributed by atoms with Crippen LogP contribution >= 0.6 is 22.7 Å². The summed E-state index contributed by atoms with van der Waals surface area (Å²) in [6.45, 7) is 0. The van der Waals surface area contributed by atoms with E-state index in [9.17, 15) is 0 Å². The van der Waals surface area contributed by atoms with Gasteiger partial charge in [-0.2, -0.15) is 0 Å². The number of hydrogen-bond donors (Lipinski definition) is 0. The van der Waals surface area contributed by atoms with E-state index in [-0.39, 0.29) is 0 Å². The molecule has 12 rings (SSSR count). The van der Waals surface area contributed by atoms with Gasteiger partial charge < -0.3 is 4.90 Å². The zero-order valence-corrected chi connectivity index (χ0v) is 32.4. The molecule has 0 amide bonds. The molecule has 3 heteroatoms. The lowest BCUT2D eigenvalue weighted by molar-refractivity contribution is 1.32. The first-order valence-corrected chi connectivity index (χ1v) is 21.1. The average molecular weight is 760 g/mol. The van der Waals surface area contributed by atoms with Gasteiger partial charge in [-0.05, 0) is 80.0 Å². The molecule has 2 heterocycles. The van der Waals surface area contributed by atoms with Crippen molar-refractivity contribution in [3.8, 4) is 22.3 Å². The van der Waals surface area contributed by atoms with Crippen LogP contribution in [0.15, 0.2) is 200 Å². The Hall–Kier alpha value is -6.78. The van der Waals surface area contributed by atoms with Crippen molar-refractivity contribution in [2.24, 2.45) is 0 Å². The Morgan fingerprint density at radius 3 is 1.68 bits per heavy atom. The highest BCUT2D eigenvalue weighted by molar-refractivity contribution is 7.26. The predicted molar refractivity (Wildman–Crippen MR) is 250 cm³/mol. The lowest BCUT2D eigenvalue weighted by atomic mass is 9.88. The number of thiophene rings is 2. The van der Waals surface area contributed by atoms with Gasteiger partial charge in [0.25, 0.3) is 0 Å². The summed E-state index contributed by atoms with van der Waals surface area (Å²) in [5, 5.41) is 12.7. The van der Waals surface area contributed by atoms with E-state index in [0.717, 1.165) is 5.69 Å². The van der Waals surface area contributed by atoms with E-state index in [1.165, 1.54) is 106 Å². The maximum Gasteiger partial charge on any atom is 0.0640 e. The molecule has 57 heavy (non-hydrogen) atoms. The Bertz CT molecular complexity index is 3530. The molecule has 0 saturated heterocycles. The molecule has 0 aliphatic heterocycles. The predicted octanol–water partition coefficient (Wildman–Crippen LogP) is 16.7. The van der Waals surface area contributed by atoms with Gasteiger partial charge in [0.05, 0.1) is 16.1 Å². The highest BCUT2D eigenvalue weighted by Crippen LogP contribution is 2.53. The van der Waals surface area contributed by atoms with Crippen LogP contribution in [0.4, 0.5) is 17.1 Å². The van der Waals surface area contributed by atoms with Crippen molar-refractivity contribution in [1.82, 2.24) is 0 Å². The summed E-state index contributed by atoms with van der Waals surface area (Å²) in [5.74, 6) is 0. The lowest BCUT2D eigenvalue weighted by Gasteiger charge is -2.31. The molecular formula is C54H33NS2. The summed E-state index contributed by atoms with van der Waals surface area (Å²) in [6, 6.07) is 74.1. The van der Waals surface area contributed by atoms with Gasteiger partial charge in [-0.15, -0.1) is 22.7 Å². The molecule has 0 bridgehead atoms. The molecule has 0 aliphatic carbocycles. The van der Waals surface area contributed by atoms with Crippen molar-refractivity contribution < 1.29 is 0 Å². The zero-order chi connectivity index (χ0) is 37.5. The van der Waals surface area contributed by atoms with Gasteiger partial charge in [-0.1, -0.05) is 164 Å². The summed E-state index contributed by atoms with van der Waals surface area (Å²) in [5.41, 5.74) is 8.42. The summed E-state index contributed by atoms with van der Waals surface area (Å²) in [4.78, 5) is 2.56. The highest BCUT2D eigenvalue weighted by atomic mass is 32.1. The highest BCUT2D eigenvalue weighted by Gasteiger charge is 2.26. The second kappa shape index (κ2) is 12.9. The van der Waals surface area contributed by atoms with Crippen LogP contribution in [-0.2, 0) is 0 Å². The number of fused-ring (bicyclic) bond motifs is 10. The second-order valence-electron chi connectivity index (χ2n) is 14.8. The fraction of sp³-hybridized carbons (Fsp3) is 0. The van der Waals surface area contributed by atoms with Crippen LogP contribution in [0.3, 0.4) is 0 Å². The molecular weight excluding hydrogens is 727 g/mol. The second-order valence-corrected chi connectivity index (χ2v) is 16.9. The molecule has 0 saturated carbocycles. The number of anilines is 3. The monoisotopic (exact) mass is 759 g/mol. The van der Waals surface area contributed by atoms with Crippen molar-refractivity contribution in [2.75, 3.05) is 4.90 Å². The van der Waals surface area contributed by atoms with Gasteiger partial charge in [-0.3, -0.25) is 0 Å².